The van der Waals surface area contributed by atoms with Crippen molar-refractivity contribution in [3.8, 4) is 0 Å². The zero-order valence-corrected chi connectivity index (χ0v) is 35.2. The van der Waals surface area contributed by atoms with E-state index in [0.717, 1.165) is 44.1 Å². The van der Waals surface area contributed by atoms with Crippen LogP contribution in [-0.2, 0) is 48.2 Å². The Bertz CT molecular complexity index is 1370. The Morgan fingerprint density at radius 3 is 2.10 bits per heavy atom. The largest absolute Gasteiger partial charge is 1.00 e. The Hall–Kier alpha value is 0.420. The van der Waals surface area contributed by atoms with Crippen molar-refractivity contribution in [3.63, 3.8) is 0 Å². The van der Waals surface area contributed by atoms with Crippen LogP contribution >= 0.6 is 0 Å². The van der Waals surface area contributed by atoms with E-state index in [-0.39, 0.29) is 113 Å². The van der Waals surface area contributed by atoms with Crippen molar-refractivity contribution in [2.75, 3.05) is 13.2 Å². The molecule has 0 N–H and O–H groups in total. The summed E-state index contributed by atoms with van der Waals surface area (Å²) in [6.45, 7) is 13.3. The Morgan fingerprint density at radius 2 is 1.52 bits per heavy atom. The summed E-state index contributed by atoms with van der Waals surface area (Å²) < 4.78 is 89.6. The molecular formula is C32H50Na2O12S2. The van der Waals surface area contributed by atoms with Gasteiger partial charge in [-0.2, -0.15) is 0 Å². The minimum Gasteiger partial charge on any atom is -0.726 e. The first kappa shape index (κ1) is 44.6. The fourth-order valence-electron chi connectivity index (χ4n) is 10.2. The van der Waals surface area contributed by atoms with E-state index in [2.05, 4.69) is 20.4 Å². The molecule has 0 amide bonds. The van der Waals surface area contributed by atoms with Crippen LogP contribution in [0.3, 0.4) is 0 Å². The molecule has 0 aromatic heterocycles. The van der Waals surface area contributed by atoms with E-state index in [9.17, 15) is 35.5 Å². The topological polar surface area (TPSA) is 185 Å². The molecule has 264 valence electrons. The van der Waals surface area contributed by atoms with E-state index >= 15 is 0 Å². The van der Waals surface area contributed by atoms with Crippen molar-refractivity contribution in [1.29, 1.82) is 0 Å². The third kappa shape index (κ3) is 10.7. The van der Waals surface area contributed by atoms with E-state index in [0.29, 0.717) is 43.4 Å². The minimum atomic E-state index is -4.98. The summed E-state index contributed by atoms with van der Waals surface area (Å²) in [4.78, 5) is 23.2. The van der Waals surface area contributed by atoms with Gasteiger partial charge in [-0.3, -0.25) is 18.0 Å². The number of esters is 2. The Kier molecular flexibility index (Phi) is 16.3. The summed E-state index contributed by atoms with van der Waals surface area (Å²) in [6, 6.07) is 0. The predicted molar refractivity (Wildman–Crippen MR) is 164 cm³/mol. The van der Waals surface area contributed by atoms with Gasteiger partial charge < -0.3 is 18.6 Å². The average molecular weight is 737 g/mol. The average Bonchev–Trinajstić information content (AvgIpc) is 3.27. The summed E-state index contributed by atoms with van der Waals surface area (Å²) in [5.41, 5.74) is 0.531. The van der Waals surface area contributed by atoms with E-state index < -0.39 is 39.0 Å². The zero-order chi connectivity index (χ0) is 34.2. The van der Waals surface area contributed by atoms with E-state index in [4.69, 9.17) is 17.8 Å². The van der Waals surface area contributed by atoms with Crippen molar-refractivity contribution in [2.24, 2.45) is 52.3 Å². The molecule has 48 heavy (non-hydrogen) atoms. The summed E-state index contributed by atoms with van der Waals surface area (Å²) in [5.74, 6) is 0.0784. The molecule has 4 rings (SSSR count). The Morgan fingerprint density at radius 1 is 0.875 bits per heavy atom. The monoisotopic (exact) mass is 736 g/mol. The van der Waals surface area contributed by atoms with Gasteiger partial charge in [0, 0.05) is 19.8 Å². The van der Waals surface area contributed by atoms with Crippen LogP contribution in [0.25, 0.3) is 0 Å². The van der Waals surface area contributed by atoms with E-state index in [1.54, 1.807) is 0 Å². The van der Waals surface area contributed by atoms with Gasteiger partial charge >= 0.3 is 71.1 Å². The second kappa shape index (κ2) is 17.5. The number of hydrogen-bond donors (Lipinski definition) is 0. The molecule has 0 bridgehead atoms. The normalized spacial score (nSPS) is 35.7. The molecule has 0 radical (unpaired) electrons. The van der Waals surface area contributed by atoms with E-state index in [1.165, 1.54) is 13.8 Å². The van der Waals surface area contributed by atoms with Crippen molar-refractivity contribution < 1.29 is 112 Å². The standard InChI is InChI=1S/C32H52O12S2.2Na/c1-19(20(2)17-41-21(3)33)7-8-23(18-42-45(35,36)37)26-11-12-27-25-10-9-24-15-29(44-46(38,39)40)30(43-22(4)34)16-32(24,6)28(25)13-14-31(26,27)5;;/h20,23-30H,1,7-18H2,2-6H3,(H,35,36,37)(H,38,39,40);;/q;2*+1/p-2/t20-,23-,24?,25-,26+,27-,28-,29-,30-,31+,32-;;/m0../s1. The van der Waals surface area contributed by atoms with Crippen LogP contribution in [0, 0.1) is 52.3 Å². The van der Waals surface area contributed by atoms with Crippen LogP contribution in [0.1, 0.15) is 98.8 Å². The molecule has 4 saturated carbocycles. The van der Waals surface area contributed by atoms with Crippen molar-refractivity contribution >= 4 is 32.7 Å². The van der Waals surface area contributed by atoms with Crippen LogP contribution in [-0.4, -0.2) is 63.3 Å². The van der Waals surface area contributed by atoms with Crippen LogP contribution in [0.4, 0.5) is 0 Å². The first-order valence-corrected chi connectivity index (χ1v) is 19.1. The third-order valence-electron chi connectivity index (χ3n) is 12.3. The molecule has 4 aliphatic carbocycles. The number of rotatable bonds is 13. The van der Waals surface area contributed by atoms with Gasteiger partial charge in [0.15, 0.2) is 0 Å². The van der Waals surface area contributed by atoms with Crippen LogP contribution < -0.4 is 59.1 Å². The molecule has 0 heterocycles. The predicted octanol–water partition coefficient (Wildman–Crippen LogP) is -1.33. The number of carbonyl (C=O) groups excluding carboxylic acids is 2. The fraction of sp³-hybridized carbons (Fsp3) is 0.875. The second-order valence-corrected chi connectivity index (χ2v) is 16.9. The van der Waals surface area contributed by atoms with Gasteiger partial charge in [-0.1, -0.05) is 32.9 Å². The van der Waals surface area contributed by atoms with Crippen LogP contribution in [0.2, 0.25) is 0 Å². The van der Waals surface area contributed by atoms with Gasteiger partial charge in [0.05, 0.1) is 13.2 Å². The Labute approximate surface area is 331 Å². The van der Waals surface area contributed by atoms with Gasteiger partial charge in [0.2, 0.25) is 20.8 Å². The molecule has 0 aromatic rings. The quantitative estimate of drug-likeness (QED) is 0.0715. The van der Waals surface area contributed by atoms with Gasteiger partial charge in [-0.15, -0.1) is 0 Å². The van der Waals surface area contributed by atoms with Gasteiger partial charge in [-0.05, 0) is 111 Å². The van der Waals surface area contributed by atoms with Gasteiger partial charge in [-0.25, -0.2) is 16.8 Å². The number of fused-ring (bicyclic) bond motifs is 5. The first-order valence-electron chi connectivity index (χ1n) is 16.5. The molecule has 0 spiro atoms. The Balaban J connectivity index is 0.00000400. The molecule has 0 saturated heterocycles. The fourth-order valence-corrected chi connectivity index (χ4v) is 11.0. The van der Waals surface area contributed by atoms with E-state index in [1.807, 2.05) is 6.92 Å². The molecular weight excluding hydrogens is 686 g/mol. The molecule has 4 fully saturated rings. The van der Waals surface area contributed by atoms with Crippen molar-refractivity contribution in [2.45, 2.75) is 111 Å². The summed E-state index contributed by atoms with van der Waals surface area (Å²) in [6.07, 6.45) is 5.47. The zero-order valence-electron chi connectivity index (χ0n) is 29.6. The molecule has 0 aromatic carbocycles. The number of ether oxygens (including phenoxy) is 2. The van der Waals surface area contributed by atoms with Crippen molar-refractivity contribution in [1.82, 2.24) is 0 Å². The number of hydrogen-bond acceptors (Lipinski definition) is 12. The molecule has 0 aliphatic heterocycles. The second-order valence-electron chi connectivity index (χ2n) is 14.9. The number of carbonyl (C=O) groups is 2. The van der Waals surface area contributed by atoms with Gasteiger partial charge in [0.25, 0.3) is 0 Å². The van der Waals surface area contributed by atoms with Crippen LogP contribution in [0.15, 0.2) is 12.2 Å². The van der Waals surface area contributed by atoms with Crippen molar-refractivity contribution in [3.05, 3.63) is 12.2 Å². The molecule has 16 heteroatoms. The molecule has 11 atom stereocenters. The maximum atomic E-state index is 12.0. The minimum absolute atomic E-state index is 0. The molecule has 1 unspecified atom stereocenters. The maximum Gasteiger partial charge on any atom is 1.00 e. The maximum absolute atomic E-state index is 12.0. The third-order valence-corrected chi connectivity index (χ3v) is 13.2. The summed E-state index contributed by atoms with van der Waals surface area (Å²) in [7, 11) is -9.85. The SMILES string of the molecule is C=C(CC[C@@H](COS(=O)(=O)[O-])[C@H]1CC[C@H]2[C@@H]3CCC4C[C@H](OS(=O)(=O)[O-])[C@@H](OC(C)=O)C[C@]4(C)[C@H]3CC[C@]12C)[C@@H](C)COC(C)=O.[Na+].[Na+]. The van der Waals surface area contributed by atoms with Crippen LogP contribution in [0.5, 0.6) is 0 Å². The molecule has 4 aliphatic rings. The van der Waals surface area contributed by atoms with Gasteiger partial charge in [0.1, 0.15) is 12.2 Å². The smallest absolute Gasteiger partial charge is 0.726 e. The first-order chi connectivity index (χ1) is 21.2. The molecule has 12 nitrogen and oxygen atoms in total. The summed E-state index contributed by atoms with van der Waals surface area (Å²) >= 11 is 0. The summed E-state index contributed by atoms with van der Waals surface area (Å²) in [5, 5.41) is 0.